The molecule has 2 heteroatoms. The molecule has 0 spiro atoms. The summed E-state index contributed by atoms with van der Waals surface area (Å²) in [7, 11) is 0. The van der Waals surface area contributed by atoms with Crippen LogP contribution in [0.4, 0.5) is 0 Å². The Morgan fingerprint density at radius 2 is 1.46 bits per heavy atom. The molecule has 0 N–H and O–H groups in total. The van der Waals surface area contributed by atoms with Gasteiger partial charge in [0.1, 0.15) is 0 Å². The number of hydrogen-bond donors (Lipinski definition) is 0. The van der Waals surface area contributed by atoms with Crippen LogP contribution in [0.1, 0.15) is 20.3 Å². The second kappa shape index (κ2) is 3.97. The van der Waals surface area contributed by atoms with E-state index in [1.54, 1.807) is 0 Å². The molecule has 13 heavy (non-hydrogen) atoms. The Labute approximate surface area is 88.5 Å². The van der Waals surface area contributed by atoms with E-state index >= 15 is 0 Å². The van der Waals surface area contributed by atoms with E-state index in [-0.39, 0.29) is 0 Å². The molecule has 0 aromatic heterocycles. The molecule has 1 aliphatic heterocycles. The molecule has 0 bridgehead atoms. The minimum atomic E-state index is 0.756. The number of hydrogen-bond acceptors (Lipinski definition) is 2. The van der Waals surface area contributed by atoms with Crippen molar-refractivity contribution in [3.05, 3.63) is 24.3 Å². The molecule has 0 nitrogen and oxygen atoms in total. The van der Waals surface area contributed by atoms with Crippen molar-refractivity contribution >= 4 is 23.5 Å². The number of rotatable bonds is 0. The molecule has 1 heterocycles. The van der Waals surface area contributed by atoms with Crippen molar-refractivity contribution in [2.75, 3.05) is 0 Å². The van der Waals surface area contributed by atoms with Crippen molar-refractivity contribution in [2.45, 2.75) is 40.6 Å². The third-order valence-corrected chi connectivity index (χ3v) is 4.71. The van der Waals surface area contributed by atoms with Gasteiger partial charge in [0.15, 0.2) is 0 Å². The van der Waals surface area contributed by atoms with Crippen molar-refractivity contribution in [1.29, 1.82) is 0 Å². The maximum absolute atomic E-state index is 2.32. The quantitative estimate of drug-likeness (QED) is 0.633. The van der Waals surface area contributed by atoms with E-state index in [4.69, 9.17) is 0 Å². The number of benzene rings is 1. The molecule has 2 atom stereocenters. The fourth-order valence-corrected chi connectivity index (χ4v) is 4.37. The van der Waals surface area contributed by atoms with Crippen LogP contribution in [-0.2, 0) is 0 Å². The summed E-state index contributed by atoms with van der Waals surface area (Å²) in [6, 6.07) is 8.74. The molecule has 0 aliphatic carbocycles. The third kappa shape index (κ3) is 2.23. The van der Waals surface area contributed by atoms with Gasteiger partial charge >= 0.3 is 0 Å². The van der Waals surface area contributed by atoms with E-state index in [9.17, 15) is 0 Å². The highest BCUT2D eigenvalue weighted by molar-refractivity contribution is 8.03. The first-order valence-electron chi connectivity index (χ1n) is 4.68. The first-order valence-corrected chi connectivity index (χ1v) is 6.44. The van der Waals surface area contributed by atoms with Crippen LogP contribution in [0.15, 0.2) is 34.1 Å². The lowest BCUT2D eigenvalue weighted by Gasteiger charge is -2.09. The van der Waals surface area contributed by atoms with Gasteiger partial charge < -0.3 is 0 Å². The smallest absolute Gasteiger partial charge is 0.0211 e. The van der Waals surface area contributed by atoms with Crippen molar-refractivity contribution in [3.8, 4) is 0 Å². The van der Waals surface area contributed by atoms with Crippen molar-refractivity contribution in [3.63, 3.8) is 0 Å². The van der Waals surface area contributed by atoms with Gasteiger partial charge in [-0.3, -0.25) is 0 Å². The molecule has 2 rings (SSSR count). The maximum atomic E-state index is 2.32. The molecule has 0 fully saturated rings. The minimum Gasteiger partial charge on any atom is -0.122 e. The summed E-state index contributed by atoms with van der Waals surface area (Å²) in [4.78, 5) is 2.92. The molecule has 70 valence electrons. The average molecular weight is 210 g/mol. The third-order valence-electron chi connectivity index (χ3n) is 2.17. The topological polar surface area (TPSA) is 0 Å². The van der Waals surface area contributed by atoms with E-state index in [1.165, 1.54) is 16.2 Å². The van der Waals surface area contributed by atoms with Crippen LogP contribution in [0, 0.1) is 0 Å². The molecule has 1 aromatic rings. The summed E-state index contributed by atoms with van der Waals surface area (Å²) in [5, 5.41) is 1.51. The summed E-state index contributed by atoms with van der Waals surface area (Å²) in [6.45, 7) is 4.65. The van der Waals surface area contributed by atoms with Crippen LogP contribution in [0.25, 0.3) is 0 Å². The normalized spacial score (nSPS) is 27.8. The number of thioether (sulfide) groups is 2. The highest BCUT2D eigenvalue weighted by atomic mass is 32.2. The van der Waals surface area contributed by atoms with E-state index in [0.717, 1.165) is 10.5 Å². The first kappa shape index (κ1) is 9.47. The van der Waals surface area contributed by atoms with Crippen LogP contribution in [0.3, 0.4) is 0 Å². The molecule has 1 aromatic carbocycles. The second-order valence-electron chi connectivity index (χ2n) is 3.54. The molecule has 2 unspecified atom stereocenters. The highest BCUT2D eigenvalue weighted by Crippen LogP contribution is 2.41. The summed E-state index contributed by atoms with van der Waals surface area (Å²) < 4.78 is 0. The van der Waals surface area contributed by atoms with E-state index < -0.39 is 0 Å². The Morgan fingerprint density at radius 1 is 1.00 bits per heavy atom. The molecular weight excluding hydrogens is 196 g/mol. The van der Waals surface area contributed by atoms with E-state index in [0.29, 0.717) is 0 Å². The van der Waals surface area contributed by atoms with Gasteiger partial charge in [0.05, 0.1) is 0 Å². The van der Waals surface area contributed by atoms with Gasteiger partial charge in [-0.1, -0.05) is 26.0 Å². The molecule has 0 saturated heterocycles. The van der Waals surface area contributed by atoms with Crippen LogP contribution in [-0.4, -0.2) is 10.5 Å². The lowest BCUT2D eigenvalue weighted by atomic mass is 10.3. The van der Waals surface area contributed by atoms with Crippen LogP contribution < -0.4 is 0 Å². The van der Waals surface area contributed by atoms with Gasteiger partial charge in [0, 0.05) is 20.3 Å². The zero-order chi connectivity index (χ0) is 9.26. The predicted octanol–water partition coefficient (Wildman–Crippen LogP) is 4.05. The maximum Gasteiger partial charge on any atom is 0.0211 e. The van der Waals surface area contributed by atoms with Gasteiger partial charge in [0.25, 0.3) is 0 Å². The van der Waals surface area contributed by atoms with Gasteiger partial charge in [0.2, 0.25) is 0 Å². The Bertz CT molecular complexity index is 267. The van der Waals surface area contributed by atoms with Gasteiger partial charge in [-0.05, 0) is 18.6 Å². The average Bonchev–Trinajstić information content (AvgIpc) is 2.20. The van der Waals surface area contributed by atoms with E-state index in [2.05, 4.69) is 38.1 Å². The zero-order valence-electron chi connectivity index (χ0n) is 7.99. The van der Waals surface area contributed by atoms with Gasteiger partial charge in [-0.25, -0.2) is 0 Å². The van der Waals surface area contributed by atoms with Gasteiger partial charge in [-0.15, -0.1) is 23.5 Å². The largest absolute Gasteiger partial charge is 0.122 e. The summed E-state index contributed by atoms with van der Waals surface area (Å²) in [6.07, 6.45) is 1.31. The lowest BCUT2D eigenvalue weighted by molar-refractivity contribution is 0.807. The fraction of sp³-hybridized carbons (Fsp3) is 0.455. The van der Waals surface area contributed by atoms with Crippen LogP contribution in [0.2, 0.25) is 0 Å². The highest BCUT2D eigenvalue weighted by Gasteiger charge is 2.18. The molecular formula is C11H14S2. The Hall–Kier alpha value is -0.0800. The van der Waals surface area contributed by atoms with Crippen LogP contribution in [0.5, 0.6) is 0 Å². The molecule has 0 saturated carbocycles. The summed E-state index contributed by atoms with van der Waals surface area (Å²) >= 11 is 4.03. The minimum absolute atomic E-state index is 0.756. The Kier molecular flexibility index (Phi) is 2.89. The van der Waals surface area contributed by atoms with Crippen molar-refractivity contribution in [1.82, 2.24) is 0 Å². The van der Waals surface area contributed by atoms with Crippen LogP contribution >= 0.6 is 23.5 Å². The first-order chi connectivity index (χ1) is 6.25. The molecule has 1 aliphatic rings. The lowest BCUT2D eigenvalue weighted by Crippen LogP contribution is -2.02. The van der Waals surface area contributed by atoms with Gasteiger partial charge in [-0.2, -0.15) is 0 Å². The Morgan fingerprint density at radius 3 is 1.92 bits per heavy atom. The van der Waals surface area contributed by atoms with Crippen molar-refractivity contribution in [2.24, 2.45) is 0 Å². The summed E-state index contributed by atoms with van der Waals surface area (Å²) in [5.74, 6) is 0. The number of fused-ring (bicyclic) bond motifs is 1. The predicted molar refractivity (Wildman–Crippen MR) is 61.7 cm³/mol. The Balaban J connectivity index is 2.32. The summed E-state index contributed by atoms with van der Waals surface area (Å²) in [5.41, 5.74) is 0. The molecule has 0 amide bonds. The molecule has 0 radical (unpaired) electrons. The second-order valence-corrected chi connectivity index (χ2v) is 6.50. The monoisotopic (exact) mass is 210 g/mol. The fourth-order valence-electron chi connectivity index (χ4n) is 1.64. The zero-order valence-corrected chi connectivity index (χ0v) is 9.62. The van der Waals surface area contributed by atoms with E-state index in [1.807, 2.05) is 23.5 Å². The standard InChI is InChI=1S/C11H14S2/c1-8-7-9(2)13-11-6-4-3-5-10(11)12-8/h3-6,8-9H,7H2,1-2H3. The van der Waals surface area contributed by atoms with Crippen molar-refractivity contribution < 1.29 is 0 Å². The SMILES string of the molecule is CC1CC(C)Sc2ccccc2S1.